The Labute approximate surface area is 141 Å². The lowest BCUT2D eigenvalue weighted by molar-refractivity contribution is 0.318. The summed E-state index contributed by atoms with van der Waals surface area (Å²) in [6, 6.07) is 8.43. The lowest BCUT2D eigenvalue weighted by Crippen LogP contribution is -2.10. The maximum absolute atomic E-state index is 5.79. The molecule has 2 N–H and O–H groups in total. The predicted octanol–water partition coefficient (Wildman–Crippen LogP) is 5.07. The zero-order valence-electron chi connectivity index (χ0n) is 13.4. The number of hydrogen-bond acceptors (Lipinski definition) is 3. The minimum absolute atomic E-state index is 0.190. The second-order valence-corrected chi connectivity index (χ2v) is 7.81. The van der Waals surface area contributed by atoms with Gasteiger partial charge in [-0.25, -0.2) is 0 Å². The summed E-state index contributed by atoms with van der Waals surface area (Å²) >= 11 is 6.88. The maximum atomic E-state index is 5.79. The molecule has 0 saturated carbocycles. The third-order valence-corrected chi connectivity index (χ3v) is 4.64. The quantitative estimate of drug-likeness (QED) is 0.548. The average molecular weight is 337 g/mol. The highest BCUT2D eigenvalue weighted by molar-refractivity contribution is 7.98. The second-order valence-electron chi connectivity index (χ2n) is 6.30. The van der Waals surface area contributed by atoms with Gasteiger partial charge >= 0.3 is 0 Å². The molecular formula is C17H24N2OS2. The van der Waals surface area contributed by atoms with Gasteiger partial charge in [0.25, 0.3) is 0 Å². The number of ether oxygens (including phenoxy) is 1. The Balaban J connectivity index is 1.63. The Morgan fingerprint density at radius 3 is 2.50 bits per heavy atom. The van der Waals surface area contributed by atoms with Crippen molar-refractivity contribution in [3.05, 3.63) is 46.5 Å². The molecule has 1 aromatic carbocycles. The molecule has 1 aromatic heterocycles. The van der Waals surface area contributed by atoms with Crippen molar-refractivity contribution >= 4 is 24.0 Å². The highest BCUT2D eigenvalue weighted by Crippen LogP contribution is 2.24. The van der Waals surface area contributed by atoms with Gasteiger partial charge in [-0.2, -0.15) is 11.8 Å². The lowest BCUT2D eigenvalue weighted by atomic mass is 9.87. The van der Waals surface area contributed by atoms with E-state index in [0.717, 1.165) is 36.0 Å². The molecule has 0 radical (unpaired) electrons. The van der Waals surface area contributed by atoms with Crippen LogP contribution in [0, 0.1) is 4.77 Å². The fourth-order valence-electron chi connectivity index (χ4n) is 2.03. The van der Waals surface area contributed by atoms with Gasteiger partial charge in [-0.05, 0) is 47.5 Å². The van der Waals surface area contributed by atoms with Gasteiger partial charge in [0.2, 0.25) is 0 Å². The van der Waals surface area contributed by atoms with E-state index < -0.39 is 0 Å². The molecule has 0 bridgehead atoms. The molecule has 120 valence electrons. The van der Waals surface area contributed by atoms with Gasteiger partial charge in [-0.1, -0.05) is 32.9 Å². The van der Waals surface area contributed by atoms with Crippen molar-refractivity contribution in [3.63, 3.8) is 0 Å². The number of hydrogen-bond donors (Lipinski definition) is 2. The fourth-order valence-corrected chi connectivity index (χ4v) is 3.06. The van der Waals surface area contributed by atoms with E-state index in [1.165, 1.54) is 5.56 Å². The number of aromatic nitrogens is 2. The fraction of sp³-hybridized carbons (Fsp3) is 0.471. The van der Waals surface area contributed by atoms with Crippen LogP contribution in [0.5, 0.6) is 5.75 Å². The van der Waals surface area contributed by atoms with Gasteiger partial charge in [-0.15, -0.1) is 0 Å². The van der Waals surface area contributed by atoms with E-state index in [4.69, 9.17) is 17.0 Å². The largest absolute Gasteiger partial charge is 0.494 e. The summed E-state index contributed by atoms with van der Waals surface area (Å²) in [5.74, 6) is 2.98. The van der Waals surface area contributed by atoms with Crippen LogP contribution in [0.1, 0.15) is 38.4 Å². The predicted molar refractivity (Wildman–Crippen MR) is 97.4 cm³/mol. The SMILES string of the molecule is CC(C)(C)c1ccc(OCCCSCc2c[nH]c(=S)[nH]2)cc1. The van der Waals surface area contributed by atoms with Crippen LogP contribution >= 0.6 is 24.0 Å². The van der Waals surface area contributed by atoms with Crippen LogP contribution in [-0.4, -0.2) is 22.3 Å². The van der Waals surface area contributed by atoms with E-state index in [-0.39, 0.29) is 5.41 Å². The third kappa shape index (κ3) is 5.54. The van der Waals surface area contributed by atoms with Crippen molar-refractivity contribution in [1.29, 1.82) is 0 Å². The van der Waals surface area contributed by atoms with Crippen molar-refractivity contribution in [3.8, 4) is 5.75 Å². The van der Waals surface area contributed by atoms with E-state index in [1.807, 2.05) is 18.0 Å². The molecule has 0 fully saturated rings. The van der Waals surface area contributed by atoms with Gasteiger partial charge in [-0.3, -0.25) is 0 Å². The van der Waals surface area contributed by atoms with Gasteiger partial charge < -0.3 is 14.7 Å². The first kappa shape index (κ1) is 17.2. The van der Waals surface area contributed by atoms with Gasteiger partial charge in [0.05, 0.1) is 6.61 Å². The van der Waals surface area contributed by atoms with Crippen LogP contribution in [0.3, 0.4) is 0 Å². The Bertz CT molecular complexity index is 623. The molecule has 0 aliphatic rings. The monoisotopic (exact) mass is 336 g/mol. The van der Waals surface area contributed by atoms with Crippen molar-refractivity contribution in [2.45, 2.75) is 38.4 Å². The maximum Gasteiger partial charge on any atom is 0.174 e. The Morgan fingerprint density at radius 2 is 1.91 bits per heavy atom. The molecule has 0 aliphatic heterocycles. The molecule has 2 aromatic rings. The first-order valence-electron chi connectivity index (χ1n) is 7.53. The molecule has 1 heterocycles. The first-order valence-corrected chi connectivity index (χ1v) is 9.09. The van der Waals surface area contributed by atoms with Crippen LogP contribution < -0.4 is 4.74 Å². The number of nitrogens with one attached hydrogen (secondary N) is 2. The molecule has 3 nitrogen and oxygen atoms in total. The van der Waals surface area contributed by atoms with E-state index >= 15 is 0 Å². The van der Waals surface area contributed by atoms with Crippen LogP contribution in [0.4, 0.5) is 0 Å². The topological polar surface area (TPSA) is 40.8 Å². The van der Waals surface area contributed by atoms with Gasteiger partial charge in [0, 0.05) is 17.6 Å². The second kappa shape index (κ2) is 7.88. The third-order valence-electron chi connectivity index (χ3n) is 3.33. The first-order chi connectivity index (χ1) is 10.4. The smallest absolute Gasteiger partial charge is 0.174 e. The van der Waals surface area contributed by atoms with Crippen molar-refractivity contribution < 1.29 is 4.74 Å². The highest BCUT2D eigenvalue weighted by Gasteiger charge is 2.12. The molecule has 22 heavy (non-hydrogen) atoms. The summed E-state index contributed by atoms with van der Waals surface area (Å²) < 4.78 is 6.48. The van der Waals surface area contributed by atoms with Crippen molar-refractivity contribution in [1.82, 2.24) is 9.97 Å². The zero-order valence-corrected chi connectivity index (χ0v) is 15.1. The zero-order chi connectivity index (χ0) is 16.0. The van der Waals surface area contributed by atoms with Crippen LogP contribution in [-0.2, 0) is 11.2 Å². The number of rotatable bonds is 7. The number of thioether (sulfide) groups is 1. The van der Waals surface area contributed by atoms with E-state index in [1.54, 1.807) is 0 Å². The summed E-state index contributed by atoms with van der Waals surface area (Å²) in [5, 5.41) is 0. The van der Waals surface area contributed by atoms with Crippen LogP contribution in [0.25, 0.3) is 0 Å². The summed E-state index contributed by atoms with van der Waals surface area (Å²) in [6.07, 6.45) is 2.97. The van der Waals surface area contributed by atoms with Crippen molar-refractivity contribution in [2.24, 2.45) is 0 Å². The summed E-state index contributed by atoms with van der Waals surface area (Å²) in [7, 11) is 0. The minimum Gasteiger partial charge on any atom is -0.494 e. The Kier molecular flexibility index (Phi) is 6.15. The van der Waals surface area contributed by atoms with E-state index in [0.29, 0.717) is 4.77 Å². The molecule has 0 saturated heterocycles. The number of H-pyrrole nitrogens is 2. The van der Waals surface area contributed by atoms with Crippen LogP contribution in [0.2, 0.25) is 0 Å². The molecule has 0 spiro atoms. The standard InChI is InChI=1S/C17H24N2OS2/c1-17(2,3)13-5-7-15(8-6-13)20-9-4-10-22-12-14-11-18-16(21)19-14/h5-8,11H,4,9-10,12H2,1-3H3,(H2,18,19,21). The van der Waals surface area contributed by atoms with Gasteiger partial charge in [0.15, 0.2) is 4.77 Å². The summed E-state index contributed by atoms with van der Waals surface area (Å²) in [5.41, 5.74) is 2.67. The molecule has 5 heteroatoms. The number of benzene rings is 1. The van der Waals surface area contributed by atoms with E-state index in [9.17, 15) is 0 Å². The molecule has 0 atom stereocenters. The molecular weight excluding hydrogens is 312 g/mol. The summed E-state index contributed by atoms with van der Waals surface area (Å²) in [6.45, 7) is 7.41. The normalized spacial score (nSPS) is 11.6. The molecule has 2 rings (SSSR count). The molecule has 0 unspecified atom stereocenters. The minimum atomic E-state index is 0.190. The Hall–Kier alpha value is -1.20. The molecule has 0 aliphatic carbocycles. The highest BCUT2D eigenvalue weighted by atomic mass is 32.2. The number of aromatic amines is 2. The van der Waals surface area contributed by atoms with E-state index in [2.05, 4.69) is 55.0 Å². The Morgan fingerprint density at radius 1 is 1.18 bits per heavy atom. The van der Waals surface area contributed by atoms with Crippen molar-refractivity contribution in [2.75, 3.05) is 12.4 Å². The number of imidazole rings is 1. The summed E-state index contributed by atoms with van der Waals surface area (Å²) in [4.78, 5) is 6.10. The lowest BCUT2D eigenvalue weighted by Gasteiger charge is -2.19. The average Bonchev–Trinajstić information content (AvgIpc) is 2.88. The molecule has 0 amide bonds. The van der Waals surface area contributed by atoms with Crippen LogP contribution in [0.15, 0.2) is 30.5 Å². The van der Waals surface area contributed by atoms with Gasteiger partial charge in [0.1, 0.15) is 5.75 Å².